The Morgan fingerprint density at radius 3 is 2.76 bits per heavy atom. The molecule has 4 aliphatic rings. The molecule has 0 unspecified atom stereocenters. The van der Waals surface area contributed by atoms with E-state index in [-0.39, 0.29) is 51.2 Å². The van der Waals surface area contributed by atoms with Gasteiger partial charge >= 0.3 is 0 Å². The smallest absolute Gasteiger partial charge is 0.286 e. The van der Waals surface area contributed by atoms with Crippen molar-refractivity contribution in [3.63, 3.8) is 0 Å². The molecule has 1 aromatic rings. The minimum Gasteiger partial charge on any atom is -0.511 e. The first-order valence-electron chi connectivity index (χ1n) is 11.3. The summed E-state index contributed by atoms with van der Waals surface area (Å²) >= 11 is 0. The second-order valence-corrected chi connectivity index (χ2v) is 11.4. The lowest BCUT2D eigenvalue weighted by atomic mass is 9.77. The van der Waals surface area contributed by atoms with Gasteiger partial charge in [0.2, 0.25) is 0 Å². The van der Waals surface area contributed by atoms with Crippen molar-refractivity contribution >= 4 is 33.4 Å². The Morgan fingerprint density at radius 2 is 2.06 bits per heavy atom. The lowest BCUT2D eigenvalue weighted by molar-refractivity contribution is -0.133. The zero-order valence-corrected chi connectivity index (χ0v) is 19.4. The number of amides is 2. The number of benzene rings is 1. The van der Waals surface area contributed by atoms with Crippen molar-refractivity contribution in [1.29, 1.82) is 0 Å². The molecule has 5 rings (SSSR count). The van der Waals surface area contributed by atoms with Gasteiger partial charge in [-0.25, -0.2) is 0 Å². The van der Waals surface area contributed by atoms with Crippen molar-refractivity contribution < 1.29 is 23.1 Å². The quantitative estimate of drug-likeness (QED) is 0.601. The third kappa shape index (κ3) is 3.34. The number of carbonyl (C=O) groups excluding carboxylic acids is 2. The lowest BCUT2D eigenvalue weighted by Gasteiger charge is -2.44. The molecule has 33 heavy (non-hydrogen) atoms. The Morgan fingerprint density at radius 1 is 1.33 bits per heavy atom. The number of hydrogen-bond donors (Lipinski definition) is 3. The average molecular weight is 472 g/mol. The van der Waals surface area contributed by atoms with Crippen LogP contribution in [-0.2, 0) is 14.8 Å². The van der Waals surface area contributed by atoms with Crippen molar-refractivity contribution in [3.8, 4) is 0 Å². The van der Waals surface area contributed by atoms with Gasteiger partial charge in [0, 0.05) is 18.5 Å². The van der Waals surface area contributed by atoms with Crippen LogP contribution in [0.2, 0.25) is 0 Å². The minimum atomic E-state index is -4.25. The molecule has 2 bridgehead atoms. The first kappa shape index (κ1) is 21.9. The van der Waals surface area contributed by atoms with E-state index in [0.29, 0.717) is 18.4 Å². The van der Waals surface area contributed by atoms with Crippen LogP contribution in [-0.4, -0.2) is 48.7 Å². The van der Waals surface area contributed by atoms with Gasteiger partial charge in [-0.3, -0.25) is 9.59 Å². The summed E-state index contributed by atoms with van der Waals surface area (Å²) in [6.07, 6.45) is 3.74. The van der Waals surface area contributed by atoms with E-state index in [2.05, 4.69) is 29.6 Å². The fourth-order valence-electron chi connectivity index (χ4n) is 5.94. The van der Waals surface area contributed by atoms with Crippen LogP contribution in [0.3, 0.4) is 0 Å². The van der Waals surface area contributed by atoms with Crippen molar-refractivity contribution in [2.24, 2.45) is 33.8 Å². The first-order valence-corrected chi connectivity index (χ1v) is 12.7. The normalized spacial score (nSPS) is 29.6. The predicted octanol–water partition coefficient (Wildman–Crippen LogP) is 2.21. The van der Waals surface area contributed by atoms with Crippen LogP contribution in [0.1, 0.15) is 49.9 Å². The molecular weight excluding hydrogens is 444 g/mol. The van der Waals surface area contributed by atoms with Crippen LogP contribution >= 0.6 is 0 Å². The highest BCUT2D eigenvalue weighted by Gasteiger charge is 2.57. The summed E-state index contributed by atoms with van der Waals surface area (Å²) in [6.45, 7) is 4.69. The highest BCUT2D eigenvalue weighted by Crippen LogP contribution is 2.55. The van der Waals surface area contributed by atoms with Crippen molar-refractivity contribution in [3.05, 3.63) is 35.1 Å². The maximum absolute atomic E-state index is 13.7. The van der Waals surface area contributed by atoms with Gasteiger partial charge in [0.1, 0.15) is 16.2 Å². The molecule has 0 spiro atoms. The molecule has 2 heterocycles. The third-order valence-electron chi connectivity index (χ3n) is 7.42. The molecule has 1 radical (unpaired) electrons. The molecular formula is C23H27N4O5S. The number of primary amides is 1. The van der Waals surface area contributed by atoms with Crippen LogP contribution in [0.5, 0.6) is 0 Å². The molecule has 4 atom stereocenters. The Hall–Kier alpha value is -2.88. The Bertz CT molecular complexity index is 1220. The highest BCUT2D eigenvalue weighted by molar-refractivity contribution is 7.90. The van der Waals surface area contributed by atoms with E-state index in [1.165, 1.54) is 12.1 Å². The van der Waals surface area contributed by atoms with E-state index in [0.717, 1.165) is 25.7 Å². The van der Waals surface area contributed by atoms with Gasteiger partial charge < -0.3 is 21.1 Å². The Labute approximate surface area is 192 Å². The third-order valence-corrected chi connectivity index (χ3v) is 8.72. The molecule has 2 aliphatic carbocycles. The lowest BCUT2D eigenvalue weighted by Crippen LogP contribution is -2.54. The van der Waals surface area contributed by atoms with Gasteiger partial charge in [0.15, 0.2) is 5.84 Å². The molecule has 0 aromatic heterocycles. The zero-order chi connectivity index (χ0) is 23.7. The fourth-order valence-corrected chi connectivity index (χ4v) is 7.05. The van der Waals surface area contributed by atoms with Gasteiger partial charge in [-0.05, 0) is 61.6 Å². The van der Waals surface area contributed by atoms with E-state index in [1.54, 1.807) is 0 Å². The van der Waals surface area contributed by atoms with Gasteiger partial charge in [0.05, 0.1) is 11.3 Å². The Kier molecular flexibility index (Phi) is 5.04. The average Bonchev–Trinajstić information content (AvgIpc) is 3.35. The molecule has 2 aliphatic heterocycles. The number of anilines is 1. The highest BCUT2D eigenvalue weighted by atomic mass is 32.2. The number of rotatable bonds is 5. The molecule has 4 N–H and O–H groups in total. The number of nitrogens with zero attached hydrogens (tertiary/aromatic N) is 2. The largest absolute Gasteiger partial charge is 0.511 e. The molecule has 10 heteroatoms. The van der Waals surface area contributed by atoms with Crippen LogP contribution in [0.25, 0.3) is 0 Å². The van der Waals surface area contributed by atoms with Crippen molar-refractivity contribution in [2.45, 2.75) is 50.5 Å². The summed E-state index contributed by atoms with van der Waals surface area (Å²) < 4.78 is 29.7. The second-order valence-electron chi connectivity index (χ2n) is 9.80. The predicted molar refractivity (Wildman–Crippen MR) is 121 cm³/mol. The molecule has 2 fully saturated rings. The number of aliphatic hydroxyl groups is 1. The number of hydrogen-bond acceptors (Lipinski definition) is 6. The van der Waals surface area contributed by atoms with E-state index in [9.17, 15) is 23.1 Å². The van der Waals surface area contributed by atoms with E-state index in [1.807, 2.05) is 4.90 Å². The molecule has 1 aromatic carbocycles. The molecule has 9 nitrogen and oxygen atoms in total. The maximum Gasteiger partial charge on any atom is 0.286 e. The maximum atomic E-state index is 13.7. The number of nitrogens with one attached hydrogen (secondary N) is 1. The number of aliphatic hydroxyl groups excluding tert-OH is 1. The summed E-state index contributed by atoms with van der Waals surface area (Å²) in [7, 11) is -4.25. The molecule has 0 saturated heterocycles. The van der Waals surface area contributed by atoms with Gasteiger partial charge in [-0.15, -0.1) is 4.40 Å². The molecule has 2 saturated carbocycles. The SMILES string of the molecule is CC(C)CCN1C(=O)C(C2=NS(=O)(=O)c3c[c]cc(C(N)=O)c3N2)=C(O)[C@@H]2[C@H]3CC[C@H](C3)[C@@H]21. The molecule has 2 amide bonds. The summed E-state index contributed by atoms with van der Waals surface area (Å²) in [4.78, 5) is 27.2. The Balaban J connectivity index is 1.63. The van der Waals surface area contributed by atoms with Crippen LogP contribution in [0, 0.1) is 29.7 Å². The summed E-state index contributed by atoms with van der Waals surface area (Å²) in [5.74, 6) is -0.931. The number of amidine groups is 1. The van der Waals surface area contributed by atoms with Crippen molar-refractivity contribution in [1.82, 2.24) is 4.90 Å². The first-order chi connectivity index (χ1) is 15.6. The number of nitrogens with two attached hydrogens (primary N) is 1. The number of carbonyl (C=O) groups is 2. The van der Waals surface area contributed by atoms with Gasteiger partial charge in [-0.2, -0.15) is 8.42 Å². The standard InChI is InChI=1S/C23H27N4O5S/c1-11(2)8-9-27-19-13-7-6-12(10-13)16(19)20(28)17(23(27)30)22-25-18-14(21(24)29)4-3-5-15(18)33(31,32)26-22/h4-5,11-13,16,19,28H,6-10H2,1-2H3,(H2,24,29)(H,25,26)/t12-,13+,16+,19-/m0/s1. The molecule has 175 valence electrons. The fraction of sp³-hybridized carbons (Fsp3) is 0.522. The zero-order valence-electron chi connectivity index (χ0n) is 18.5. The summed E-state index contributed by atoms with van der Waals surface area (Å²) in [5, 5.41) is 14.1. The summed E-state index contributed by atoms with van der Waals surface area (Å²) in [6, 6.07) is 4.99. The van der Waals surface area contributed by atoms with E-state index in [4.69, 9.17) is 5.73 Å². The second kappa shape index (κ2) is 7.58. The van der Waals surface area contributed by atoms with Crippen LogP contribution in [0.15, 0.2) is 32.8 Å². The summed E-state index contributed by atoms with van der Waals surface area (Å²) in [5.41, 5.74) is 5.17. The number of sulfonamides is 1. The van der Waals surface area contributed by atoms with E-state index >= 15 is 0 Å². The van der Waals surface area contributed by atoms with Crippen molar-refractivity contribution in [2.75, 3.05) is 11.9 Å². The van der Waals surface area contributed by atoms with Gasteiger partial charge in [0.25, 0.3) is 21.8 Å². The number of fused-ring (bicyclic) bond motifs is 6. The van der Waals surface area contributed by atoms with Crippen LogP contribution < -0.4 is 11.1 Å². The van der Waals surface area contributed by atoms with Gasteiger partial charge in [-0.1, -0.05) is 13.8 Å². The van der Waals surface area contributed by atoms with Crippen LogP contribution in [0.4, 0.5) is 5.69 Å². The topological polar surface area (TPSA) is 142 Å². The minimum absolute atomic E-state index is 0.0526. The van der Waals surface area contributed by atoms with E-state index < -0.39 is 21.8 Å². The monoisotopic (exact) mass is 471 g/mol.